The highest BCUT2D eigenvalue weighted by Gasteiger charge is 2.21. The molecule has 1 amide bonds. The van der Waals surface area contributed by atoms with Crippen molar-refractivity contribution in [1.82, 2.24) is 8.75 Å². The molecule has 0 aliphatic heterocycles. The number of carbonyl (C=O) groups excluding carboxylic acids is 1. The van der Waals surface area contributed by atoms with E-state index in [0.29, 0.717) is 27.4 Å². The number of amides is 1. The van der Waals surface area contributed by atoms with Gasteiger partial charge in [-0.3, -0.25) is 13.3 Å². The van der Waals surface area contributed by atoms with Crippen molar-refractivity contribution in [2.45, 2.75) is 0 Å². The molecule has 0 spiro atoms. The van der Waals surface area contributed by atoms with Crippen LogP contribution in [0.5, 0.6) is 0 Å². The molecular formula is C19H12ClN4O3S2-. The van der Waals surface area contributed by atoms with Crippen molar-refractivity contribution in [3.63, 3.8) is 0 Å². The fraction of sp³-hybridized carbons (Fsp3) is 0. The van der Waals surface area contributed by atoms with Gasteiger partial charge < -0.3 is 9.87 Å². The number of para-hydroxylation sites is 1. The summed E-state index contributed by atoms with van der Waals surface area (Å²) >= 11 is 4.16. The summed E-state index contributed by atoms with van der Waals surface area (Å²) in [6.45, 7) is 0. The van der Waals surface area contributed by atoms with E-state index in [1.165, 1.54) is 0 Å². The second-order valence-corrected chi connectivity index (χ2v) is 7.66. The number of anilines is 3. The zero-order valence-electron chi connectivity index (χ0n) is 14.6. The Balaban J connectivity index is 1.77. The zero-order valence-corrected chi connectivity index (χ0v) is 17.0. The molecule has 0 saturated heterocycles. The Hall–Kier alpha value is -2.85. The molecule has 29 heavy (non-hydrogen) atoms. The lowest BCUT2D eigenvalue weighted by Gasteiger charge is -2.28. The van der Waals surface area contributed by atoms with Gasteiger partial charge in [0.05, 0.1) is 39.9 Å². The number of hydrogen-bond donors (Lipinski definition) is 1. The van der Waals surface area contributed by atoms with Gasteiger partial charge in [-0.2, -0.15) is 8.75 Å². The van der Waals surface area contributed by atoms with Gasteiger partial charge >= 0.3 is 0 Å². The average molecular weight is 444 g/mol. The van der Waals surface area contributed by atoms with E-state index in [4.69, 9.17) is 11.6 Å². The first-order valence-corrected chi connectivity index (χ1v) is 10.5. The number of carbonyl (C=O) groups is 1. The fourth-order valence-corrected chi connectivity index (χ4v) is 4.12. The van der Waals surface area contributed by atoms with Crippen molar-refractivity contribution < 1.29 is 13.6 Å². The standard InChI is InChI=1S/C19H13ClN4O3S2/c20-12-8-10-13(11-9-12)21-19(25)14-4-1-2-6-16(14)24(29(26)27)17-7-3-5-15-18(17)23-28-22-15/h1-11H,(H,21,25)(H,26,27)/p-1. The Morgan fingerprint density at radius 2 is 1.72 bits per heavy atom. The van der Waals surface area contributed by atoms with Crippen molar-refractivity contribution in [3.05, 3.63) is 77.3 Å². The Bertz CT molecular complexity index is 1210. The summed E-state index contributed by atoms with van der Waals surface area (Å²) in [4.78, 5) is 12.9. The molecule has 7 nitrogen and oxygen atoms in total. The fourth-order valence-electron chi connectivity index (χ4n) is 2.82. The maximum Gasteiger partial charge on any atom is 0.257 e. The highest BCUT2D eigenvalue weighted by molar-refractivity contribution is 7.81. The van der Waals surface area contributed by atoms with E-state index in [0.717, 1.165) is 16.0 Å². The van der Waals surface area contributed by atoms with E-state index >= 15 is 0 Å². The second kappa shape index (κ2) is 8.26. The van der Waals surface area contributed by atoms with Crippen molar-refractivity contribution in [1.29, 1.82) is 0 Å². The molecule has 0 fully saturated rings. The van der Waals surface area contributed by atoms with Gasteiger partial charge in [0, 0.05) is 10.7 Å². The minimum Gasteiger partial charge on any atom is -0.755 e. The number of halogens is 1. The summed E-state index contributed by atoms with van der Waals surface area (Å²) in [5, 5.41) is 3.29. The molecule has 4 aromatic rings. The minimum atomic E-state index is -2.70. The molecule has 0 aliphatic carbocycles. The largest absolute Gasteiger partial charge is 0.755 e. The van der Waals surface area contributed by atoms with E-state index in [9.17, 15) is 13.6 Å². The van der Waals surface area contributed by atoms with Crippen molar-refractivity contribution in [2.75, 3.05) is 9.62 Å². The van der Waals surface area contributed by atoms with Crippen molar-refractivity contribution >= 4 is 68.6 Å². The molecule has 0 radical (unpaired) electrons. The maximum absolute atomic E-state index is 12.9. The minimum absolute atomic E-state index is 0.187. The van der Waals surface area contributed by atoms with Gasteiger partial charge in [-0.15, -0.1) is 0 Å². The van der Waals surface area contributed by atoms with Gasteiger partial charge in [0.1, 0.15) is 11.0 Å². The van der Waals surface area contributed by atoms with E-state index in [1.54, 1.807) is 66.7 Å². The van der Waals surface area contributed by atoms with Gasteiger partial charge in [-0.25, -0.2) is 0 Å². The van der Waals surface area contributed by atoms with Crippen LogP contribution in [0.1, 0.15) is 10.4 Å². The van der Waals surface area contributed by atoms with Gasteiger partial charge in [-0.05, 0) is 48.5 Å². The molecule has 1 atom stereocenters. The molecule has 10 heteroatoms. The molecular weight excluding hydrogens is 432 g/mol. The van der Waals surface area contributed by atoms with Crippen LogP contribution < -0.4 is 9.62 Å². The molecule has 146 valence electrons. The molecule has 3 aromatic carbocycles. The summed E-state index contributed by atoms with van der Waals surface area (Å²) < 4.78 is 33.7. The first-order chi connectivity index (χ1) is 14.0. The van der Waals surface area contributed by atoms with Gasteiger partial charge in [0.25, 0.3) is 5.91 Å². The third-order valence-electron chi connectivity index (χ3n) is 4.10. The third kappa shape index (κ3) is 3.99. The highest BCUT2D eigenvalue weighted by atomic mass is 35.5. The van der Waals surface area contributed by atoms with Crippen LogP contribution in [0.25, 0.3) is 11.0 Å². The molecule has 1 aromatic heterocycles. The molecule has 0 saturated carbocycles. The van der Waals surface area contributed by atoms with Crippen LogP contribution in [0.4, 0.5) is 17.1 Å². The third-order valence-corrected chi connectivity index (χ3v) is 5.59. The number of benzene rings is 3. The highest BCUT2D eigenvalue weighted by Crippen LogP contribution is 2.34. The number of aromatic nitrogens is 2. The van der Waals surface area contributed by atoms with Crippen LogP contribution in [0.2, 0.25) is 5.02 Å². The van der Waals surface area contributed by atoms with E-state index in [1.807, 2.05) is 0 Å². The van der Waals surface area contributed by atoms with Gasteiger partial charge in [0.15, 0.2) is 0 Å². The van der Waals surface area contributed by atoms with Crippen LogP contribution in [0.15, 0.2) is 66.7 Å². The van der Waals surface area contributed by atoms with Crippen LogP contribution in [-0.2, 0) is 11.3 Å². The number of hydrogen-bond acceptors (Lipinski definition) is 6. The maximum atomic E-state index is 12.9. The lowest BCUT2D eigenvalue weighted by molar-refractivity contribution is 0.102. The van der Waals surface area contributed by atoms with Crippen LogP contribution in [0.3, 0.4) is 0 Å². The topological polar surface area (TPSA) is 98.2 Å². The zero-order chi connectivity index (χ0) is 20.4. The number of nitrogens with one attached hydrogen (secondary N) is 1. The summed E-state index contributed by atoms with van der Waals surface area (Å²) in [6.07, 6.45) is 0. The number of fused-ring (bicyclic) bond motifs is 1. The molecule has 1 N–H and O–H groups in total. The molecule has 1 heterocycles. The summed E-state index contributed by atoms with van der Waals surface area (Å²) in [5.74, 6) is -0.457. The number of nitrogens with zero attached hydrogens (tertiary/aromatic N) is 3. The van der Waals surface area contributed by atoms with Crippen LogP contribution in [-0.4, -0.2) is 23.4 Å². The lowest BCUT2D eigenvalue weighted by atomic mass is 10.1. The smallest absolute Gasteiger partial charge is 0.257 e. The predicted molar refractivity (Wildman–Crippen MR) is 114 cm³/mol. The van der Waals surface area contributed by atoms with Crippen LogP contribution >= 0.6 is 23.3 Å². The van der Waals surface area contributed by atoms with Gasteiger partial charge in [0.2, 0.25) is 0 Å². The van der Waals surface area contributed by atoms with Crippen molar-refractivity contribution in [2.24, 2.45) is 0 Å². The van der Waals surface area contributed by atoms with E-state index in [-0.39, 0.29) is 11.3 Å². The lowest BCUT2D eigenvalue weighted by Crippen LogP contribution is -2.24. The predicted octanol–water partition coefficient (Wildman–Crippen LogP) is 4.53. The van der Waals surface area contributed by atoms with E-state index < -0.39 is 17.2 Å². The van der Waals surface area contributed by atoms with Crippen molar-refractivity contribution in [3.8, 4) is 0 Å². The van der Waals surface area contributed by atoms with Crippen LogP contribution in [0, 0.1) is 0 Å². The Kier molecular flexibility index (Phi) is 5.54. The molecule has 0 aliphatic rings. The van der Waals surface area contributed by atoms with Gasteiger partial charge in [-0.1, -0.05) is 29.8 Å². The Labute approximate surface area is 177 Å². The monoisotopic (exact) mass is 443 g/mol. The Morgan fingerprint density at radius 3 is 2.48 bits per heavy atom. The summed E-state index contributed by atoms with van der Waals surface area (Å²) in [7, 11) is 0. The Morgan fingerprint density at radius 1 is 1.00 bits per heavy atom. The van der Waals surface area contributed by atoms with E-state index in [2.05, 4.69) is 14.1 Å². The SMILES string of the molecule is O=C(Nc1ccc(Cl)cc1)c1ccccc1N(c1cccc2nsnc12)S(=O)[O-]. The molecule has 4 rings (SSSR count). The summed E-state index contributed by atoms with van der Waals surface area (Å²) in [5.41, 5.74) is 2.26. The average Bonchev–Trinajstić information content (AvgIpc) is 3.20. The first-order valence-electron chi connectivity index (χ1n) is 8.31. The number of rotatable bonds is 5. The quantitative estimate of drug-likeness (QED) is 0.457. The normalized spacial score (nSPS) is 11.9. The molecule has 1 unspecified atom stereocenters. The summed E-state index contributed by atoms with van der Waals surface area (Å²) in [6, 6.07) is 18.1. The second-order valence-electron chi connectivity index (χ2n) is 5.90. The first kappa shape index (κ1) is 19.5. The molecule has 0 bridgehead atoms.